The van der Waals surface area contributed by atoms with Gasteiger partial charge in [0.2, 0.25) is 0 Å². The summed E-state index contributed by atoms with van der Waals surface area (Å²) in [4.78, 5) is 36.8. The van der Waals surface area contributed by atoms with Crippen LogP contribution in [0.3, 0.4) is 0 Å². The summed E-state index contributed by atoms with van der Waals surface area (Å²) in [6.07, 6.45) is 3.89. The fraction of sp³-hybridized carbons (Fsp3) is 0.448. The van der Waals surface area contributed by atoms with Crippen molar-refractivity contribution in [3.63, 3.8) is 0 Å². The molecule has 3 N–H and O–H groups in total. The summed E-state index contributed by atoms with van der Waals surface area (Å²) in [5, 5.41) is 4.10. The predicted octanol–water partition coefficient (Wildman–Crippen LogP) is 3.68. The molecule has 3 aromatic heterocycles. The SMILES string of the molecule is Cn1c(-c2cc3cccnc3n2CC2CC2)nc2cc(C(=O)N[C@H]3CN(C(=O)OC(C)(C)C)C[C@@H]3N)ccc21. The van der Waals surface area contributed by atoms with E-state index in [-0.39, 0.29) is 18.0 Å². The Labute approximate surface area is 227 Å². The Morgan fingerprint density at radius 3 is 2.69 bits per heavy atom. The summed E-state index contributed by atoms with van der Waals surface area (Å²) in [5.74, 6) is 1.27. The van der Waals surface area contributed by atoms with Crippen LogP contribution in [-0.4, -0.2) is 66.8 Å². The molecule has 10 nitrogen and oxygen atoms in total. The minimum atomic E-state index is -0.595. The van der Waals surface area contributed by atoms with E-state index in [1.807, 2.05) is 52.2 Å². The topological polar surface area (TPSA) is 120 Å². The lowest BCUT2D eigenvalue weighted by molar-refractivity contribution is 0.0288. The minimum absolute atomic E-state index is 0.248. The van der Waals surface area contributed by atoms with Crippen LogP contribution in [0.25, 0.3) is 33.6 Å². The Kier molecular flexibility index (Phi) is 6.10. The van der Waals surface area contributed by atoms with Crippen molar-refractivity contribution in [3.05, 3.63) is 48.2 Å². The smallest absolute Gasteiger partial charge is 0.410 e. The van der Waals surface area contributed by atoms with Crippen molar-refractivity contribution in [1.29, 1.82) is 0 Å². The number of imidazole rings is 1. The van der Waals surface area contributed by atoms with Crippen LogP contribution in [0.1, 0.15) is 44.0 Å². The molecule has 6 rings (SSSR count). The summed E-state index contributed by atoms with van der Waals surface area (Å²) in [5.41, 5.74) is 9.85. The monoisotopic (exact) mass is 529 g/mol. The van der Waals surface area contributed by atoms with Crippen LogP contribution in [0.2, 0.25) is 0 Å². The van der Waals surface area contributed by atoms with Crippen molar-refractivity contribution in [3.8, 4) is 11.5 Å². The third-order valence-electron chi connectivity index (χ3n) is 7.50. The Morgan fingerprint density at radius 2 is 1.95 bits per heavy atom. The van der Waals surface area contributed by atoms with E-state index in [2.05, 4.69) is 31.6 Å². The van der Waals surface area contributed by atoms with Gasteiger partial charge in [0.1, 0.15) is 11.2 Å². The first-order valence-electron chi connectivity index (χ1n) is 13.5. The minimum Gasteiger partial charge on any atom is -0.444 e. The number of fused-ring (bicyclic) bond motifs is 2. The molecule has 1 aliphatic carbocycles. The number of nitrogens with one attached hydrogen (secondary N) is 1. The highest BCUT2D eigenvalue weighted by Gasteiger charge is 2.36. The number of pyridine rings is 1. The number of nitrogens with two attached hydrogens (primary N) is 1. The third kappa shape index (κ3) is 4.96. The quantitative estimate of drug-likeness (QED) is 0.407. The molecule has 10 heteroatoms. The van der Waals surface area contributed by atoms with Crippen molar-refractivity contribution in [2.75, 3.05) is 13.1 Å². The molecule has 0 spiro atoms. The number of aryl methyl sites for hydroxylation is 1. The zero-order valence-electron chi connectivity index (χ0n) is 22.8. The number of ether oxygens (including phenoxy) is 1. The van der Waals surface area contributed by atoms with E-state index in [9.17, 15) is 9.59 Å². The first-order chi connectivity index (χ1) is 18.6. The molecule has 4 heterocycles. The number of carbonyl (C=O) groups is 2. The molecule has 204 valence electrons. The zero-order valence-corrected chi connectivity index (χ0v) is 22.8. The van der Waals surface area contributed by atoms with Gasteiger partial charge in [0.25, 0.3) is 5.91 Å². The lowest BCUT2D eigenvalue weighted by Gasteiger charge is -2.24. The molecule has 1 saturated carbocycles. The van der Waals surface area contributed by atoms with Crippen LogP contribution < -0.4 is 11.1 Å². The largest absolute Gasteiger partial charge is 0.444 e. The molecule has 2 atom stereocenters. The predicted molar refractivity (Wildman–Crippen MR) is 149 cm³/mol. The van der Waals surface area contributed by atoms with Gasteiger partial charge in [-0.2, -0.15) is 0 Å². The molecule has 0 unspecified atom stereocenters. The van der Waals surface area contributed by atoms with Crippen LogP contribution in [0.4, 0.5) is 4.79 Å². The van der Waals surface area contributed by atoms with E-state index >= 15 is 0 Å². The van der Waals surface area contributed by atoms with E-state index in [4.69, 9.17) is 15.5 Å². The maximum Gasteiger partial charge on any atom is 0.410 e. The molecule has 2 aliphatic rings. The number of nitrogens with zero attached hydrogens (tertiary/aromatic N) is 5. The van der Waals surface area contributed by atoms with Gasteiger partial charge in [-0.05, 0) is 75.9 Å². The third-order valence-corrected chi connectivity index (χ3v) is 7.50. The van der Waals surface area contributed by atoms with Gasteiger partial charge >= 0.3 is 6.09 Å². The molecular weight excluding hydrogens is 494 g/mol. The first-order valence-corrected chi connectivity index (χ1v) is 13.5. The maximum absolute atomic E-state index is 13.2. The summed E-state index contributed by atoms with van der Waals surface area (Å²) in [7, 11) is 2.00. The molecule has 1 aromatic carbocycles. The molecule has 0 bridgehead atoms. The van der Waals surface area contributed by atoms with Gasteiger partial charge in [0.15, 0.2) is 5.82 Å². The number of rotatable bonds is 5. The summed E-state index contributed by atoms with van der Waals surface area (Å²) >= 11 is 0. The first kappa shape index (κ1) is 25.4. The van der Waals surface area contributed by atoms with Crippen molar-refractivity contribution in [2.24, 2.45) is 18.7 Å². The standard InChI is InChI=1S/C29H35N7O3/c1-29(2,3)39-28(38)35-15-20(30)22(16-35)33-27(37)19-9-10-23-21(12-19)32-26(34(23)4)24-13-18-6-5-11-31-25(18)36(24)14-17-7-8-17/h5-6,9-13,17,20,22H,7-8,14-16,30H2,1-4H3,(H,33,37)/t20-,22-/m0/s1. The van der Waals surface area contributed by atoms with E-state index in [1.165, 1.54) is 12.8 Å². The second kappa shape index (κ2) is 9.37. The number of likely N-dealkylation sites (tertiary alicyclic amines) is 1. The lowest BCUT2D eigenvalue weighted by atomic mass is 10.1. The number of hydrogen-bond acceptors (Lipinski definition) is 6. The van der Waals surface area contributed by atoms with Gasteiger partial charge in [-0.1, -0.05) is 0 Å². The average Bonchev–Trinajstić information content (AvgIpc) is 3.41. The Balaban J connectivity index is 1.24. The number of carbonyl (C=O) groups excluding carboxylic acids is 2. The number of aromatic nitrogens is 4. The van der Waals surface area contributed by atoms with E-state index < -0.39 is 11.7 Å². The van der Waals surface area contributed by atoms with E-state index in [1.54, 1.807) is 11.0 Å². The van der Waals surface area contributed by atoms with Gasteiger partial charge in [-0.25, -0.2) is 14.8 Å². The van der Waals surface area contributed by atoms with Crippen molar-refractivity contribution in [2.45, 2.75) is 57.8 Å². The number of hydrogen-bond donors (Lipinski definition) is 2. The highest BCUT2D eigenvalue weighted by Crippen LogP contribution is 2.36. The Hall–Kier alpha value is -3.92. The molecule has 1 saturated heterocycles. The fourth-order valence-corrected chi connectivity index (χ4v) is 5.29. The highest BCUT2D eigenvalue weighted by atomic mass is 16.6. The molecule has 4 aromatic rings. The van der Waals surface area contributed by atoms with Gasteiger partial charge in [-0.15, -0.1) is 0 Å². The van der Waals surface area contributed by atoms with Gasteiger partial charge in [-0.3, -0.25) is 4.79 Å². The molecule has 1 aliphatic heterocycles. The van der Waals surface area contributed by atoms with Crippen molar-refractivity contribution >= 4 is 34.1 Å². The lowest BCUT2D eigenvalue weighted by Crippen LogP contribution is -2.46. The van der Waals surface area contributed by atoms with E-state index in [0.29, 0.717) is 24.6 Å². The van der Waals surface area contributed by atoms with Crippen LogP contribution in [0, 0.1) is 5.92 Å². The summed E-state index contributed by atoms with van der Waals surface area (Å²) in [6, 6.07) is 11.0. The van der Waals surface area contributed by atoms with Gasteiger partial charge < -0.3 is 29.8 Å². The highest BCUT2D eigenvalue weighted by molar-refractivity contribution is 5.98. The average molecular weight is 530 g/mol. The second-order valence-electron chi connectivity index (χ2n) is 11.8. The van der Waals surface area contributed by atoms with Crippen LogP contribution in [0.5, 0.6) is 0 Å². The van der Waals surface area contributed by atoms with Crippen LogP contribution >= 0.6 is 0 Å². The second-order valence-corrected chi connectivity index (χ2v) is 11.8. The summed E-state index contributed by atoms with van der Waals surface area (Å²) in [6.45, 7) is 7.02. The molecule has 2 fully saturated rings. The molecular formula is C29H35N7O3. The molecule has 2 amide bonds. The normalized spacial score (nSPS) is 19.7. The number of amides is 2. The fourth-order valence-electron chi connectivity index (χ4n) is 5.29. The van der Waals surface area contributed by atoms with Crippen molar-refractivity contribution in [1.82, 2.24) is 29.3 Å². The van der Waals surface area contributed by atoms with Crippen LogP contribution in [0.15, 0.2) is 42.6 Å². The van der Waals surface area contributed by atoms with Crippen LogP contribution in [-0.2, 0) is 18.3 Å². The van der Waals surface area contributed by atoms with E-state index in [0.717, 1.165) is 40.1 Å². The zero-order chi connectivity index (χ0) is 27.5. The summed E-state index contributed by atoms with van der Waals surface area (Å²) < 4.78 is 9.81. The Bertz CT molecular complexity index is 1580. The van der Waals surface area contributed by atoms with Gasteiger partial charge in [0, 0.05) is 49.9 Å². The Morgan fingerprint density at radius 1 is 1.15 bits per heavy atom. The molecule has 39 heavy (non-hydrogen) atoms. The molecule has 0 radical (unpaired) electrons. The van der Waals surface area contributed by atoms with Crippen molar-refractivity contribution < 1.29 is 14.3 Å². The van der Waals surface area contributed by atoms with Gasteiger partial charge in [0.05, 0.1) is 22.8 Å². The maximum atomic E-state index is 13.2. The number of benzene rings is 1.